The molecule has 0 spiro atoms. The van der Waals surface area contributed by atoms with Crippen molar-refractivity contribution in [1.29, 1.82) is 0 Å². The fourth-order valence-electron chi connectivity index (χ4n) is 2.37. The molecule has 2 rings (SSSR count). The van der Waals surface area contributed by atoms with Crippen LogP contribution < -0.4 is 0 Å². The summed E-state index contributed by atoms with van der Waals surface area (Å²) in [7, 11) is 0. The van der Waals surface area contributed by atoms with E-state index in [0.29, 0.717) is 6.04 Å². The van der Waals surface area contributed by atoms with E-state index < -0.39 is 0 Å². The molecule has 18 heavy (non-hydrogen) atoms. The Kier molecular flexibility index (Phi) is 4.31. The summed E-state index contributed by atoms with van der Waals surface area (Å²) in [5, 5.41) is 0. The molecular weight excluding hydrogens is 231 g/mol. The minimum absolute atomic E-state index is 0.189. The molecule has 98 valence electrons. The van der Waals surface area contributed by atoms with E-state index in [2.05, 4.69) is 11.8 Å². The number of hydrogen-bond acceptors (Lipinski definition) is 2. The summed E-state index contributed by atoms with van der Waals surface area (Å²) >= 11 is 0. The second-order valence-corrected chi connectivity index (χ2v) is 4.86. The molecule has 1 heterocycles. The molecule has 0 bridgehead atoms. The Morgan fingerprint density at radius 2 is 1.83 bits per heavy atom. The highest BCUT2D eigenvalue weighted by molar-refractivity contribution is 5.47. The van der Waals surface area contributed by atoms with Crippen LogP contribution in [0.15, 0.2) is 24.3 Å². The van der Waals surface area contributed by atoms with E-state index in [4.69, 9.17) is 0 Å². The second kappa shape index (κ2) is 5.96. The van der Waals surface area contributed by atoms with Gasteiger partial charge in [-0.2, -0.15) is 0 Å². The van der Waals surface area contributed by atoms with Crippen molar-refractivity contribution in [2.45, 2.75) is 19.4 Å². The molecule has 1 amide bonds. The molecule has 4 heteroatoms. The molecule has 1 aromatic carbocycles. The van der Waals surface area contributed by atoms with Crippen LogP contribution in [0.25, 0.3) is 0 Å². The summed E-state index contributed by atoms with van der Waals surface area (Å²) in [5.74, 6) is -0.189. The van der Waals surface area contributed by atoms with E-state index >= 15 is 0 Å². The van der Waals surface area contributed by atoms with Crippen LogP contribution in [0, 0.1) is 5.82 Å². The molecular formula is C14H19FN2O. The summed E-state index contributed by atoms with van der Waals surface area (Å²) in [5.41, 5.74) is 1.15. The highest BCUT2D eigenvalue weighted by Crippen LogP contribution is 2.12. The predicted octanol–water partition coefficient (Wildman–Crippen LogP) is 1.53. The lowest BCUT2D eigenvalue weighted by molar-refractivity contribution is -0.120. The fourth-order valence-corrected chi connectivity index (χ4v) is 2.37. The lowest BCUT2D eigenvalue weighted by atomic mass is 10.1. The number of nitrogens with zero attached hydrogens (tertiary/aromatic N) is 2. The van der Waals surface area contributed by atoms with Gasteiger partial charge in [0.15, 0.2) is 0 Å². The number of rotatable bonds is 4. The van der Waals surface area contributed by atoms with Crippen LogP contribution in [-0.4, -0.2) is 48.4 Å². The van der Waals surface area contributed by atoms with Crippen LogP contribution in [0.5, 0.6) is 0 Å². The van der Waals surface area contributed by atoms with Gasteiger partial charge in [-0.1, -0.05) is 12.1 Å². The van der Waals surface area contributed by atoms with Gasteiger partial charge in [-0.05, 0) is 31.0 Å². The Bertz CT molecular complexity index is 385. The van der Waals surface area contributed by atoms with Gasteiger partial charge in [-0.15, -0.1) is 0 Å². The molecule has 0 aromatic heterocycles. The normalized spacial score (nSPS) is 18.7. The summed E-state index contributed by atoms with van der Waals surface area (Å²) in [4.78, 5) is 14.8. The summed E-state index contributed by atoms with van der Waals surface area (Å²) in [6.45, 7) is 5.62. The van der Waals surface area contributed by atoms with E-state index in [0.717, 1.165) is 44.6 Å². The Hall–Kier alpha value is -1.42. The average Bonchev–Trinajstić information content (AvgIpc) is 2.41. The van der Waals surface area contributed by atoms with Crippen molar-refractivity contribution in [2.75, 3.05) is 26.2 Å². The van der Waals surface area contributed by atoms with Gasteiger partial charge < -0.3 is 4.90 Å². The van der Waals surface area contributed by atoms with E-state index in [1.165, 1.54) is 12.1 Å². The first kappa shape index (κ1) is 13.0. The number of carbonyl (C=O) groups excluding carboxylic acids is 1. The third-order valence-corrected chi connectivity index (χ3v) is 3.57. The fraction of sp³-hybridized carbons (Fsp3) is 0.500. The Morgan fingerprint density at radius 1 is 1.22 bits per heavy atom. The van der Waals surface area contributed by atoms with Gasteiger partial charge in [0, 0.05) is 32.2 Å². The molecule has 0 saturated carbocycles. The smallest absolute Gasteiger partial charge is 0.209 e. The van der Waals surface area contributed by atoms with Crippen molar-refractivity contribution in [2.24, 2.45) is 0 Å². The number of hydrogen-bond donors (Lipinski definition) is 0. The van der Waals surface area contributed by atoms with Gasteiger partial charge in [-0.3, -0.25) is 9.69 Å². The van der Waals surface area contributed by atoms with Gasteiger partial charge in [0.2, 0.25) is 6.41 Å². The van der Waals surface area contributed by atoms with Crippen molar-refractivity contribution in [3.63, 3.8) is 0 Å². The maximum absolute atomic E-state index is 12.8. The van der Waals surface area contributed by atoms with Gasteiger partial charge in [0.25, 0.3) is 0 Å². The van der Waals surface area contributed by atoms with Crippen molar-refractivity contribution in [1.82, 2.24) is 9.80 Å². The van der Waals surface area contributed by atoms with Crippen molar-refractivity contribution < 1.29 is 9.18 Å². The van der Waals surface area contributed by atoms with E-state index in [1.54, 1.807) is 4.90 Å². The highest BCUT2D eigenvalue weighted by atomic mass is 19.1. The maximum Gasteiger partial charge on any atom is 0.209 e. The zero-order valence-corrected chi connectivity index (χ0v) is 10.7. The van der Waals surface area contributed by atoms with Gasteiger partial charge in [0.05, 0.1) is 0 Å². The van der Waals surface area contributed by atoms with Crippen molar-refractivity contribution >= 4 is 6.41 Å². The largest absolute Gasteiger partial charge is 0.343 e. The molecule has 1 atom stereocenters. The van der Waals surface area contributed by atoms with Crippen LogP contribution >= 0.6 is 0 Å². The van der Waals surface area contributed by atoms with Gasteiger partial charge in [-0.25, -0.2) is 4.39 Å². The molecule has 1 saturated heterocycles. The van der Waals surface area contributed by atoms with Crippen LogP contribution in [0.2, 0.25) is 0 Å². The van der Waals surface area contributed by atoms with Crippen molar-refractivity contribution in [3.05, 3.63) is 35.6 Å². The molecule has 0 unspecified atom stereocenters. The average molecular weight is 250 g/mol. The molecule has 1 aliphatic rings. The van der Waals surface area contributed by atoms with Crippen LogP contribution in [0.4, 0.5) is 4.39 Å². The summed E-state index contributed by atoms with van der Waals surface area (Å²) in [6.07, 6.45) is 1.84. The third kappa shape index (κ3) is 3.29. The number of amides is 1. The standard InChI is InChI=1S/C14H19FN2O/c1-12(10-13-2-4-14(15)5-3-13)17-8-6-16(11-18)7-9-17/h2-5,11-12H,6-10H2,1H3/t12-/m1/s1. The lowest BCUT2D eigenvalue weighted by Crippen LogP contribution is -2.49. The molecule has 1 aliphatic heterocycles. The van der Waals surface area contributed by atoms with E-state index in [-0.39, 0.29) is 5.82 Å². The van der Waals surface area contributed by atoms with E-state index in [1.807, 2.05) is 12.1 Å². The Morgan fingerprint density at radius 3 is 2.39 bits per heavy atom. The number of benzene rings is 1. The molecule has 1 fully saturated rings. The zero-order valence-electron chi connectivity index (χ0n) is 10.7. The summed E-state index contributed by atoms with van der Waals surface area (Å²) in [6, 6.07) is 7.11. The SMILES string of the molecule is C[C@H](Cc1ccc(F)cc1)N1CCN(C=O)CC1. The first-order chi connectivity index (χ1) is 8.69. The molecule has 0 N–H and O–H groups in total. The molecule has 3 nitrogen and oxygen atoms in total. The number of piperazine rings is 1. The Balaban J connectivity index is 1.86. The van der Waals surface area contributed by atoms with Gasteiger partial charge in [0.1, 0.15) is 5.82 Å². The molecule has 0 aliphatic carbocycles. The van der Waals surface area contributed by atoms with Gasteiger partial charge >= 0.3 is 0 Å². The number of halogens is 1. The van der Waals surface area contributed by atoms with E-state index in [9.17, 15) is 9.18 Å². The molecule has 0 radical (unpaired) electrons. The first-order valence-corrected chi connectivity index (χ1v) is 6.37. The van der Waals surface area contributed by atoms with Crippen LogP contribution in [0.3, 0.4) is 0 Å². The lowest BCUT2D eigenvalue weighted by Gasteiger charge is -2.36. The topological polar surface area (TPSA) is 23.6 Å². The minimum atomic E-state index is -0.189. The van der Waals surface area contributed by atoms with Crippen molar-refractivity contribution in [3.8, 4) is 0 Å². The number of carbonyl (C=O) groups is 1. The van der Waals surface area contributed by atoms with Crippen LogP contribution in [0.1, 0.15) is 12.5 Å². The van der Waals surface area contributed by atoms with Crippen LogP contribution in [-0.2, 0) is 11.2 Å². The molecule has 1 aromatic rings. The predicted molar refractivity (Wildman–Crippen MR) is 68.8 cm³/mol. The monoisotopic (exact) mass is 250 g/mol. The first-order valence-electron chi connectivity index (χ1n) is 6.37. The Labute approximate surface area is 107 Å². The zero-order chi connectivity index (χ0) is 13.0. The maximum atomic E-state index is 12.8. The highest BCUT2D eigenvalue weighted by Gasteiger charge is 2.20. The quantitative estimate of drug-likeness (QED) is 0.757. The minimum Gasteiger partial charge on any atom is -0.343 e. The third-order valence-electron chi connectivity index (χ3n) is 3.57. The summed E-state index contributed by atoms with van der Waals surface area (Å²) < 4.78 is 12.8. The second-order valence-electron chi connectivity index (χ2n) is 4.86.